The van der Waals surface area contributed by atoms with Gasteiger partial charge in [0.1, 0.15) is 0 Å². The number of non-ortho nitro benzene ring substituents is 1. The van der Waals surface area contributed by atoms with Gasteiger partial charge in [0.15, 0.2) is 0 Å². The number of benzene rings is 1. The van der Waals surface area contributed by atoms with Gasteiger partial charge in [0, 0.05) is 30.4 Å². The van der Waals surface area contributed by atoms with Crippen molar-refractivity contribution >= 4 is 11.4 Å². The van der Waals surface area contributed by atoms with E-state index in [1.807, 2.05) is 12.1 Å². The van der Waals surface area contributed by atoms with E-state index in [1.165, 1.54) is 25.7 Å². The third-order valence-electron chi connectivity index (χ3n) is 3.45. The Hall–Kier alpha value is -1.58. The number of rotatable bonds is 2. The molecule has 4 heteroatoms. The number of nitro benzene ring substituents is 1. The van der Waals surface area contributed by atoms with E-state index in [0.29, 0.717) is 6.04 Å². The normalized spacial score (nSPS) is 21.0. The summed E-state index contributed by atoms with van der Waals surface area (Å²) in [5.74, 6) is 0. The minimum absolute atomic E-state index is 0.163. The third kappa shape index (κ3) is 2.75. The van der Waals surface area contributed by atoms with Crippen LogP contribution in [0.4, 0.5) is 11.4 Å². The van der Waals surface area contributed by atoms with Crippen molar-refractivity contribution in [1.29, 1.82) is 0 Å². The molecular weight excluding hydrogens is 216 g/mol. The maximum absolute atomic E-state index is 10.6. The predicted octanol–water partition coefficient (Wildman–Crippen LogP) is 3.36. The molecule has 1 atom stereocenters. The first kappa shape index (κ1) is 11.9. The van der Waals surface area contributed by atoms with Crippen molar-refractivity contribution in [3.05, 3.63) is 34.4 Å². The molecule has 17 heavy (non-hydrogen) atoms. The van der Waals surface area contributed by atoms with Gasteiger partial charge >= 0.3 is 0 Å². The Kier molecular flexibility index (Phi) is 3.61. The van der Waals surface area contributed by atoms with Crippen LogP contribution >= 0.6 is 0 Å². The fraction of sp³-hybridized carbons (Fsp3) is 0.538. The van der Waals surface area contributed by atoms with E-state index < -0.39 is 0 Å². The first-order valence-corrected chi connectivity index (χ1v) is 6.19. The number of hydrogen-bond acceptors (Lipinski definition) is 3. The molecule has 0 saturated carbocycles. The van der Waals surface area contributed by atoms with E-state index in [-0.39, 0.29) is 10.6 Å². The summed E-state index contributed by atoms with van der Waals surface area (Å²) in [5, 5.41) is 10.6. The molecule has 2 rings (SSSR count). The summed E-state index contributed by atoms with van der Waals surface area (Å²) in [4.78, 5) is 12.6. The van der Waals surface area contributed by atoms with Gasteiger partial charge in [0.25, 0.3) is 5.69 Å². The van der Waals surface area contributed by atoms with Gasteiger partial charge in [-0.25, -0.2) is 0 Å². The molecule has 1 aromatic rings. The summed E-state index contributed by atoms with van der Waals surface area (Å²) in [6, 6.07) is 7.43. The summed E-state index contributed by atoms with van der Waals surface area (Å²) in [6.45, 7) is 3.28. The fourth-order valence-corrected chi connectivity index (χ4v) is 2.42. The third-order valence-corrected chi connectivity index (χ3v) is 3.45. The zero-order valence-corrected chi connectivity index (χ0v) is 10.1. The van der Waals surface area contributed by atoms with Crippen LogP contribution in [0.2, 0.25) is 0 Å². The second kappa shape index (κ2) is 5.17. The van der Waals surface area contributed by atoms with Crippen LogP contribution in [0.3, 0.4) is 0 Å². The predicted molar refractivity (Wildman–Crippen MR) is 68.4 cm³/mol. The van der Waals surface area contributed by atoms with E-state index in [9.17, 15) is 10.1 Å². The Morgan fingerprint density at radius 1 is 1.24 bits per heavy atom. The Bertz CT molecular complexity index is 389. The van der Waals surface area contributed by atoms with Gasteiger partial charge in [-0.2, -0.15) is 0 Å². The van der Waals surface area contributed by atoms with Crippen molar-refractivity contribution in [3.63, 3.8) is 0 Å². The van der Waals surface area contributed by atoms with Crippen LogP contribution in [0.25, 0.3) is 0 Å². The molecular formula is C13H18N2O2. The van der Waals surface area contributed by atoms with Crippen molar-refractivity contribution in [2.75, 3.05) is 11.4 Å². The first-order valence-electron chi connectivity index (χ1n) is 6.19. The second-order valence-electron chi connectivity index (χ2n) is 4.67. The largest absolute Gasteiger partial charge is 0.369 e. The molecule has 1 aliphatic heterocycles. The van der Waals surface area contributed by atoms with Crippen molar-refractivity contribution in [1.82, 2.24) is 0 Å². The summed E-state index contributed by atoms with van der Waals surface area (Å²) < 4.78 is 0. The fourth-order valence-electron chi connectivity index (χ4n) is 2.42. The molecule has 0 spiro atoms. The average Bonchev–Trinajstić information content (AvgIpc) is 2.54. The van der Waals surface area contributed by atoms with Crippen molar-refractivity contribution in [2.45, 2.75) is 38.6 Å². The number of anilines is 1. The molecule has 1 heterocycles. The van der Waals surface area contributed by atoms with Crippen LogP contribution in [-0.2, 0) is 0 Å². The number of nitrogens with zero attached hydrogens (tertiary/aromatic N) is 2. The van der Waals surface area contributed by atoms with E-state index in [4.69, 9.17) is 0 Å². The lowest BCUT2D eigenvalue weighted by molar-refractivity contribution is -0.384. The molecule has 0 radical (unpaired) electrons. The second-order valence-corrected chi connectivity index (χ2v) is 4.67. The van der Waals surface area contributed by atoms with E-state index in [0.717, 1.165) is 12.2 Å². The Morgan fingerprint density at radius 2 is 1.94 bits per heavy atom. The zero-order valence-electron chi connectivity index (χ0n) is 10.1. The molecule has 1 fully saturated rings. The SMILES string of the molecule is CC1CCCCCN1c1ccc([N+](=O)[O-])cc1. The van der Waals surface area contributed by atoms with Gasteiger partial charge in [-0.15, -0.1) is 0 Å². The van der Waals surface area contributed by atoms with E-state index in [1.54, 1.807) is 12.1 Å². The summed E-state index contributed by atoms with van der Waals surface area (Å²) in [7, 11) is 0. The highest BCUT2D eigenvalue weighted by Gasteiger charge is 2.17. The minimum atomic E-state index is -0.352. The van der Waals surface area contributed by atoms with Gasteiger partial charge in [-0.05, 0) is 31.9 Å². The molecule has 4 nitrogen and oxygen atoms in total. The average molecular weight is 234 g/mol. The smallest absolute Gasteiger partial charge is 0.269 e. The topological polar surface area (TPSA) is 46.4 Å². The van der Waals surface area contributed by atoms with E-state index >= 15 is 0 Å². The van der Waals surface area contributed by atoms with Gasteiger partial charge in [-0.1, -0.05) is 12.8 Å². The molecule has 1 unspecified atom stereocenters. The molecule has 0 bridgehead atoms. The highest BCUT2D eigenvalue weighted by molar-refractivity contribution is 5.51. The molecule has 1 aromatic carbocycles. The van der Waals surface area contributed by atoms with Crippen LogP contribution in [0.15, 0.2) is 24.3 Å². The highest BCUT2D eigenvalue weighted by Crippen LogP contribution is 2.25. The molecule has 0 aromatic heterocycles. The lowest BCUT2D eigenvalue weighted by Gasteiger charge is -2.29. The number of nitro groups is 1. The summed E-state index contributed by atoms with van der Waals surface area (Å²) >= 11 is 0. The van der Waals surface area contributed by atoms with E-state index in [2.05, 4.69) is 11.8 Å². The molecule has 1 saturated heterocycles. The van der Waals surface area contributed by atoms with Crippen LogP contribution in [0.5, 0.6) is 0 Å². The summed E-state index contributed by atoms with van der Waals surface area (Å²) in [5.41, 5.74) is 1.27. The maximum atomic E-state index is 10.6. The quantitative estimate of drug-likeness (QED) is 0.582. The van der Waals surface area contributed by atoms with Gasteiger partial charge in [-0.3, -0.25) is 10.1 Å². The minimum Gasteiger partial charge on any atom is -0.369 e. The standard InChI is InChI=1S/C13H18N2O2/c1-11-5-3-2-4-10-14(11)12-6-8-13(9-7-12)15(16)17/h6-9,11H,2-5,10H2,1H3. The monoisotopic (exact) mass is 234 g/mol. The number of hydrogen-bond donors (Lipinski definition) is 0. The highest BCUT2D eigenvalue weighted by atomic mass is 16.6. The van der Waals surface area contributed by atoms with Crippen LogP contribution < -0.4 is 4.90 Å². The zero-order chi connectivity index (χ0) is 12.3. The summed E-state index contributed by atoms with van der Waals surface area (Å²) in [6.07, 6.45) is 4.98. The Balaban J connectivity index is 2.17. The van der Waals surface area contributed by atoms with Crippen molar-refractivity contribution in [3.8, 4) is 0 Å². The van der Waals surface area contributed by atoms with Crippen LogP contribution in [0, 0.1) is 10.1 Å². The lowest BCUT2D eigenvalue weighted by Crippen LogP contribution is -2.32. The van der Waals surface area contributed by atoms with Crippen molar-refractivity contribution < 1.29 is 4.92 Å². The molecule has 1 aliphatic rings. The van der Waals surface area contributed by atoms with Crippen molar-refractivity contribution in [2.24, 2.45) is 0 Å². The molecule has 0 amide bonds. The molecule has 0 N–H and O–H groups in total. The first-order chi connectivity index (χ1) is 8.18. The van der Waals surface area contributed by atoms with Gasteiger partial charge in [0.2, 0.25) is 0 Å². The van der Waals surface area contributed by atoms with Gasteiger partial charge < -0.3 is 4.90 Å². The Morgan fingerprint density at radius 3 is 2.59 bits per heavy atom. The Labute approximate surface area is 101 Å². The van der Waals surface area contributed by atoms with Crippen LogP contribution in [0.1, 0.15) is 32.6 Å². The molecule has 0 aliphatic carbocycles. The maximum Gasteiger partial charge on any atom is 0.269 e. The lowest BCUT2D eigenvalue weighted by atomic mass is 10.1. The van der Waals surface area contributed by atoms with Gasteiger partial charge in [0.05, 0.1) is 4.92 Å². The van der Waals surface area contributed by atoms with Crippen LogP contribution in [-0.4, -0.2) is 17.5 Å². The molecule has 92 valence electrons.